The molecule has 0 aliphatic carbocycles. The monoisotopic (exact) mass is 533 g/mol. The molecule has 9 heteroatoms. The Morgan fingerprint density at radius 2 is 1.68 bits per heavy atom. The number of carbonyl (C=O) groups is 2. The van der Waals surface area contributed by atoms with E-state index in [1.165, 1.54) is 30.2 Å². The number of aryl methyl sites for hydroxylation is 1. The van der Waals surface area contributed by atoms with E-state index >= 15 is 0 Å². The Balaban J connectivity index is 1.39. The summed E-state index contributed by atoms with van der Waals surface area (Å²) in [5.74, 6) is 0.611. The van der Waals surface area contributed by atoms with Crippen molar-refractivity contribution in [3.8, 4) is 22.8 Å². The molecule has 1 heterocycles. The van der Waals surface area contributed by atoms with Crippen LogP contribution in [0.3, 0.4) is 0 Å². The first-order chi connectivity index (χ1) is 17.9. The summed E-state index contributed by atoms with van der Waals surface area (Å²) in [5.41, 5.74) is 2.96. The van der Waals surface area contributed by atoms with Gasteiger partial charge in [-0.3, -0.25) is 9.59 Å². The lowest BCUT2D eigenvalue weighted by molar-refractivity contribution is -0.115. The number of hydrogen-bond donors (Lipinski definition) is 2. The van der Waals surface area contributed by atoms with E-state index in [1.54, 1.807) is 31.4 Å². The molecular formula is C28H27N3O4S2. The van der Waals surface area contributed by atoms with Crippen LogP contribution in [-0.2, 0) is 4.79 Å². The topological polar surface area (TPSA) is 89.5 Å². The SMILES string of the molecule is COc1ccc(C(=O)Nc2cccc(SC(C)C(=O)Nc3nc(-c4ccccc4)c(C)s3)c2)cc1OC. The Morgan fingerprint density at radius 1 is 0.919 bits per heavy atom. The van der Waals surface area contributed by atoms with Crippen LogP contribution in [-0.4, -0.2) is 36.3 Å². The molecule has 0 spiro atoms. The van der Waals surface area contributed by atoms with Gasteiger partial charge in [0.1, 0.15) is 0 Å². The highest BCUT2D eigenvalue weighted by Gasteiger charge is 2.18. The molecule has 0 aliphatic rings. The molecule has 2 N–H and O–H groups in total. The second-order valence-corrected chi connectivity index (χ2v) is 10.7. The number of nitrogens with zero attached hydrogens (tertiary/aromatic N) is 1. The van der Waals surface area contributed by atoms with Crippen LogP contribution in [0, 0.1) is 6.92 Å². The average Bonchev–Trinajstić information content (AvgIpc) is 3.28. The smallest absolute Gasteiger partial charge is 0.255 e. The van der Waals surface area contributed by atoms with Gasteiger partial charge in [0.2, 0.25) is 5.91 Å². The zero-order chi connectivity index (χ0) is 26.4. The van der Waals surface area contributed by atoms with Gasteiger partial charge in [-0.15, -0.1) is 23.1 Å². The molecule has 7 nitrogen and oxygen atoms in total. The number of amides is 2. The van der Waals surface area contributed by atoms with E-state index in [9.17, 15) is 9.59 Å². The maximum atomic E-state index is 12.9. The molecule has 0 saturated heterocycles. The maximum absolute atomic E-state index is 12.9. The molecule has 1 aromatic heterocycles. The summed E-state index contributed by atoms with van der Waals surface area (Å²) in [6.07, 6.45) is 0. The van der Waals surface area contributed by atoms with Gasteiger partial charge in [0.25, 0.3) is 5.91 Å². The molecule has 2 amide bonds. The van der Waals surface area contributed by atoms with E-state index in [1.807, 2.05) is 62.4 Å². The van der Waals surface area contributed by atoms with Crippen molar-refractivity contribution in [1.82, 2.24) is 4.98 Å². The molecule has 4 aromatic rings. The predicted molar refractivity (Wildman–Crippen MR) is 150 cm³/mol. The van der Waals surface area contributed by atoms with Gasteiger partial charge >= 0.3 is 0 Å². The highest BCUT2D eigenvalue weighted by molar-refractivity contribution is 8.00. The van der Waals surface area contributed by atoms with E-state index in [2.05, 4.69) is 15.6 Å². The zero-order valence-corrected chi connectivity index (χ0v) is 22.5. The second kappa shape index (κ2) is 11.9. The molecule has 0 fully saturated rings. The highest BCUT2D eigenvalue weighted by atomic mass is 32.2. The molecule has 0 saturated carbocycles. The number of thioether (sulfide) groups is 1. The number of thiazole rings is 1. The fourth-order valence-electron chi connectivity index (χ4n) is 3.61. The van der Waals surface area contributed by atoms with Gasteiger partial charge in [-0.2, -0.15) is 0 Å². The minimum absolute atomic E-state index is 0.141. The average molecular weight is 534 g/mol. The summed E-state index contributed by atoms with van der Waals surface area (Å²) in [4.78, 5) is 32.2. The van der Waals surface area contributed by atoms with Crippen LogP contribution in [0.4, 0.5) is 10.8 Å². The quantitative estimate of drug-likeness (QED) is 0.239. The number of benzene rings is 3. The zero-order valence-electron chi connectivity index (χ0n) is 20.9. The lowest BCUT2D eigenvalue weighted by Gasteiger charge is -2.12. The first kappa shape index (κ1) is 26.2. The maximum Gasteiger partial charge on any atom is 0.255 e. The van der Waals surface area contributed by atoms with Crippen LogP contribution >= 0.6 is 23.1 Å². The summed E-state index contributed by atoms with van der Waals surface area (Å²) in [6.45, 7) is 3.84. The number of methoxy groups -OCH3 is 2. The van der Waals surface area contributed by atoms with E-state index < -0.39 is 0 Å². The fourth-order valence-corrected chi connectivity index (χ4v) is 5.37. The molecular weight excluding hydrogens is 506 g/mol. The summed E-state index contributed by atoms with van der Waals surface area (Å²) < 4.78 is 10.5. The van der Waals surface area contributed by atoms with Crippen molar-refractivity contribution in [1.29, 1.82) is 0 Å². The summed E-state index contributed by atoms with van der Waals surface area (Å²) >= 11 is 2.86. The standard InChI is InChI=1S/C28H27N3O4S2/c1-17-25(19-9-6-5-7-10-19)30-28(37-17)31-26(32)18(2)36-22-12-8-11-21(16-22)29-27(33)20-13-14-23(34-3)24(15-20)35-4/h5-16,18H,1-4H3,(H,29,33)(H,30,31,32). The van der Waals surface area contributed by atoms with Crippen LogP contribution in [0.1, 0.15) is 22.2 Å². The van der Waals surface area contributed by atoms with Crippen molar-refractivity contribution >= 4 is 45.7 Å². The molecule has 3 aromatic carbocycles. The lowest BCUT2D eigenvalue weighted by Crippen LogP contribution is -2.22. The largest absolute Gasteiger partial charge is 0.493 e. The summed E-state index contributed by atoms with van der Waals surface area (Å²) in [5, 5.41) is 6.03. The molecule has 1 atom stereocenters. The molecule has 1 unspecified atom stereocenters. The third-order valence-electron chi connectivity index (χ3n) is 5.49. The van der Waals surface area contributed by atoms with Crippen LogP contribution in [0.25, 0.3) is 11.3 Å². The molecule has 190 valence electrons. The van der Waals surface area contributed by atoms with Crippen LogP contribution in [0.15, 0.2) is 77.7 Å². The predicted octanol–water partition coefficient (Wildman–Crippen LogP) is 6.51. The van der Waals surface area contributed by atoms with Crippen LogP contribution < -0.4 is 20.1 Å². The number of carbonyl (C=O) groups excluding carboxylic acids is 2. The number of anilines is 2. The highest BCUT2D eigenvalue weighted by Crippen LogP contribution is 2.32. The molecule has 0 radical (unpaired) electrons. The van der Waals surface area contributed by atoms with E-state index in [-0.39, 0.29) is 17.1 Å². The number of aromatic nitrogens is 1. The van der Waals surface area contributed by atoms with Crippen molar-refractivity contribution in [2.24, 2.45) is 0 Å². The molecule has 0 aliphatic heterocycles. The van der Waals surface area contributed by atoms with Crippen molar-refractivity contribution in [3.05, 3.63) is 83.2 Å². The normalized spacial score (nSPS) is 11.5. The van der Waals surface area contributed by atoms with E-state index in [4.69, 9.17) is 9.47 Å². The van der Waals surface area contributed by atoms with Crippen LogP contribution in [0.2, 0.25) is 0 Å². The minimum atomic E-state index is -0.374. The van der Waals surface area contributed by atoms with Gasteiger partial charge in [-0.25, -0.2) is 4.98 Å². The first-order valence-electron chi connectivity index (χ1n) is 11.5. The first-order valence-corrected chi connectivity index (χ1v) is 13.2. The van der Waals surface area contributed by atoms with Crippen molar-refractivity contribution in [3.63, 3.8) is 0 Å². The summed E-state index contributed by atoms with van der Waals surface area (Å²) in [7, 11) is 3.07. The van der Waals surface area contributed by atoms with Gasteiger partial charge in [-0.1, -0.05) is 36.4 Å². The van der Waals surface area contributed by atoms with Crippen molar-refractivity contribution < 1.29 is 19.1 Å². The number of rotatable bonds is 9. The second-order valence-electron chi connectivity index (χ2n) is 8.09. The minimum Gasteiger partial charge on any atom is -0.493 e. The molecule has 37 heavy (non-hydrogen) atoms. The van der Waals surface area contributed by atoms with Gasteiger partial charge in [0, 0.05) is 26.6 Å². The Bertz CT molecular complexity index is 1410. The Labute approximate surface area is 224 Å². The van der Waals surface area contributed by atoms with E-state index in [0.29, 0.717) is 27.9 Å². The van der Waals surface area contributed by atoms with Gasteiger partial charge in [0.15, 0.2) is 16.6 Å². The van der Waals surface area contributed by atoms with Gasteiger partial charge in [0.05, 0.1) is 25.2 Å². The van der Waals surface area contributed by atoms with E-state index in [0.717, 1.165) is 21.0 Å². The third-order valence-corrected chi connectivity index (χ3v) is 7.47. The molecule has 0 bridgehead atoms. The van der Waals surface area contributed by atoms with Crippen LogP contribution in [0.5, 0.6) is 11.5 Å². The van der Waals surface area contributed by atoms with Crippen molar-refractivity contribution in [2.75, 3.05) is 24.9 Å². The number of ether oxygens (including phenoxy) is 2. The fraction of sp³-hybridized carbons (Fsp3) is 0.179. The Morgan fingerprint density at radius 3 is 2.41 bits per heavy atom. The van der Waals surface area contributed by atoms with Gasteiger partial charge < -0.3 is 20.1 Å². The van der Waals surface area contributed by atoms with Crippen molar-refractivity contribution in [2.45, 2.75) is 24.0 Å². The number of nitrogens with one attached hydrogen (secondary N) is 2. The summed E-state index contributed by atoms with van der Waals surface area (Å²) in [6, 6.07) is 22.3. The number of hydrogen-bond acceptors (Lipinski definition) is 7. The molecule has 4 rings (SSSR count). The Hall–Kier alpha value is -3.82. The lowest BCUT2D eigenvalue weighted by atomic mass is 10.1. The van der Waals surface area contributed by atoms with Gasteiger partial charge in [-0.05, 0) is 50.2 Å². The Kier molecular flexibility index (Phi) is 8.47. The third kappa shape index (κ3) is 6.49.